The number of halogens is 1. The number of hydrogen-bond acceptors (Lipinski definition) is 4. The predicted octanol–water partition coefficient (Wildman–Crippen LogP) is 2.61. The Morgan fingerprint density at radius 3 is 2.81 bits per heavy atom. The van der Waals surface area contributed by atoms with Gasteiger partial charge in [0.15, 0.2) is 0 Å². The highest BCUT2D eigenvalue weighted by Crippen LogP contribution is 2.22. The van der Waals surface area contributed by atoms with E-state index in [1.54, 1.807) is 0 Å². The maximum atomic E-state index is 12.8. The van der Waals surface area contributed by atoms with Crippen molar-refractivity contribution in [1.82, 2.24) is 20.1 Å². The van der Waals surface area contributed by atoms with Gasteiger partial charge in [-0.2, -0.15) is 0 Å². The summed E-state index contributed by atoms with van der Waals surface area (Å²) in [5.74, 6) is 0.515. The predicted molar refractivity (Wildman–Crippen MR) is 111 cm³/mol. The van der Waals surface area contributed by atoms with Crippen LogP contribution in [0.15, 0.2) is 30.3 Å². The number of carbonyl (C=O) groups excluding carboxylic acids is 1. The van der Waals surface area contributed by atoms with E-state index in [0.717, 1.165) is 69.9 Å². The van der Waals surface area contributed by atoms with E-state index in [9.17, 15) is 4.79 Å². The summed E-state index contributed by atoms with van der Waals surface area (Å²) >= 11 is 0. The molecule has 6 heteroatoms. The van der Waals surface area contributed by atoms with Crippen molar-refractivity contribution >= 4 is 29.2 Å². The van der Waals surface area contributed by atoms with Gasteiger partial charge < -0.3 is 10.2 Å². The van der Waals surface area contributed by atoms with Gasteiger partial charge in [-0.25, -0.2) is 0 Å². The van der Waals surface area contributed by atoms with E-state index >= 15 is 0 Å². The first-order valence-corrected chi connectivity index (χ1v) is 9.77. The van der Waals surface area contributed by atoms with E-state index in [1.807, 2.05) is 6.92 Å². The van der Waals surface area contributed by atoms with Crippen LogP contribution >= 0.6 is 12.4 Å². The number of benzene rings is 1. The molecule has 146 valence electrons. The first-order chi connectivity index (χ1) is 12.7. The van der Waals surface area contributed by atoms with Crippen LogP contribution in [0.3, 0.4) is 0 Å². The van der Waals surface area contributed by atoms with Crippen molar-refractivity contribution in [3.8, 4) is 0 Å². The molecule has 27 heavy (non-hydrogen) atoms. The lowest BCUT2D eigenvalue weighted by Gasteiger charge is -2.36. The number of piperazine rings is 1. The highest BCUT2D eigenvalue weighted by Gasteiger charge is 2.29. The number of nitrogens with one attached hydrogen (secondary N) is 1. The van der Waals surface area contributed by atoms with Crippen LogP contribution in [0.2, 0.25) is 0 Å². The molecule has 1 aromatic carbocycles. The Labute approximate surface area is 167 Å². The first-order valence-electron chi connectivity index (χ1n) is 9.77. The Balaban J connectivity index is 0.00000210. The molecule has 1 amide bonds. The fourth-order valence-corrected chi connectivity index (χ4v) is 4.18. The highest BCUT2D eigenvalue weighted by atomic mass is 35.5. The van der Waals surface area contributed by atoms with Crippen molar-refractivity contribution in [3.05, 3.63) is 41.6 Å². The number of rotatable bonds is 3. The molecular weight excluding hydrogens is 360 g/mol. The van der Waals surface area contributed by atoms with Crippen molar-refractivity contribution in [2.24, 2.45) is 5.92 Å². The summed E-state index contributed by atoms with van der Waals surface area (Å²) in [7, 11) is 0. The van der Waals surface area contributed by atoms with Crippen LogP contribution in [0, 0.1) is 12.8 Å². The molecule has 0 saturated carbocycles. The van der Waals surface area contributed by atoms with Gasteiger partial charge in [0.1, 0.15) is 0 Å². The molecule has 2 fully saturated rings. The Hall–Kier alpha value is -1.69. The summed E-state index contributed by atoms with van der Waals surface area (Å²) in [5.41, 5.74) is 3.41. The number of amides is 1. The monoisotopic (exact) mass is 388 g/mol. The molecule has 0 spiro atoms. The largest absolute Gasteiger partial charge is 0.340 e. The molecule has 2 aliphatic rings. The van der Waals surface area contributed by atoms with Crippen molar-refractivity contribution < 1.29 is 4.79 Å². The molecule has 1 N–H and O–H groups in total. The van der Waals surface area contributed by atoms with E-state index in [2.05, 4.69) is 50.4 Å². The van der Waals surface area contributed by atoms with E-state index in [-0.39, 0.29) is 18.3 Å². The standard InChI is InChI=1S/C21H28N4O.ClH/c1-16-4-6-18-13-17(5-7-20(18)23-16)14-24-10-2-3-19(15-24)21(26)25-11-8-22-9-12-25;/h4-7,13,19,22H,2-3,8-12,14-15H2,1H3;1H. The normalized spacial score (nSPS) is 21.1. The Bertz CT molecular complexity index is 791. The van der Waals surface area contributed by atoms with Gasteiger partial charge in [0.25, 0.3) is 0 Å². The summed E-state index contributed by atoms with van der Waals surface area (Å²) < 4.78 is 0. The quantitative estimate of drug-likeness (QED) is 0.878. The molecule has 1 atom stereocenters. The number of piperidine rings is 1. The van der Waals surface area contributed by atoms with Crippen LogP contribution in [0.25, 0.3) is 10.9 Å². The van der Waals surface area contributed by atoms with E-state index in [4.69, 9.17) is 0 Å². The topological polar surface area (TPSA) is 48.5 Å². The molecular formula is C21H29ClN4O. The number of fused-ring (bicyclic) bond motifs is 1. The minimum atomic E-state index is 0. The van der Waals surface area contributed by atoms with Crippen LogP contribution in [0.5, 0.6) is 0 Å². The third-order valence-corrected chi connectivity index (χ3v) is 5.58. The Kier molecular flexibility index (Phi) is 6.68. The lowest BCUT2D eigenvalue weighted by atomic mass is 9.95. The summed E-state index contributed by atoms with van der Waals surface area (Å²) in [4.78, 5) is 21.9. The van der Waals surface area contributed by atoms with E-state index in [1.165, 1.54) is 10.9 Å². The number of likely N-dealkylation sites (tertiary alicyclic amines) is 1. The van der Waals surface area contributed by atoms with E-state index in [0.29, 0.717) is 5.91 Å². The van der Waals surface area contributed by atoms with Gasteiger partial charge in [0, 0.05) is 50.3 Å². The average Bonchev–Trinajstić information content (AvgIpc) is 2.68. The SMILES string of the molecule is Cc1ccc2cc(CN3CCCC(C(=O)N4CCNCC4)C3)ccc2n1.Cl. The average molecular weight is 389 g/mol. The Morgan fingerprint density at radius 2 is 2.00 bits per heavy atom. The first kappa shape index (κ1) is 20.1. The van der Waals surface area contributed by atoms with Gasteiger partial charge in [0.2, 0.25) is 5.91 Å². The molecule has 2 saturated heterocycles. The molecule has 4 rings (SSSR count). The molecule has 1 unspecified atom stereocenters. The van der Waals surface area contributed by atoms with Crippen molar-refractivity contribution in [2.45, 2.75) is 26.3 Å². The second-order valence-electron chi connectivity index (χ2n) is 7.63. The molecule has 0 radical (unpaired) electrons. The second kappa shape index (κ2) is 9.00. The lowest BCUT2D eigenvalue weighted by molar-refractivity contribution is -0.138. The lowest BCUT2D eigenvalue weighted by Crippen LogP contribution is -2.51. The number of pyridine rings is 1. The van der Waals surface area contributed by atoms with Crippen molar-refractivity contribution in [3.63, 3.8) is 0 Å². The zero-order valence-electron chi connectivity index (χ0n) is 16.0. The summed E-state index contributed by atoms with van der Waals surface area (Å²) in [6.45, 7) is 8.45. The zero-order valence-corrected chi connectivity index (χ0v) is 16.8. The van der Waals surface area contributed by atoms with Gasteiger partial charge in [-0.05, 0) is 50.1 Å². The van der Waals surface area contributed by atoms with Crippen molar-refractivity contribution in [2.75, 3.05) is 39.3 Å². The molecule has 2 aromatic rings. The molecule has 5 nitrogen and oxygen atoms in total. The number of aryl methyl sites for hydroxylation is 1. The summed E-state index contributed by atoms with van der Waals surface area (Å²) in [5, 5.41) is 4.52. The van der Waals surface area contributed by atoms with Gasteiger partial charge in [-0.1, -0.05) is 12.1 Å². The number of nitrogens with zero attached hydrogens (tertiary/aromatic N) is 3. The van der Waals surface area contributed by atoms with Gasteiger partial charge in [0.05, 0.1) is 11.4 Å². The molecule has 0 aliphatic carbocycles. The van der Waals surface area contributed by atoms with Gasteiger partial charge >= 0.3 is 0 Å². The summed E-state index contributed by atoms with van der Waals surface area (Å²) in [6, 6.07) is 10.7. The second-order valence-corrected chi connectivity index (χ2v) is 7.63. The molecule has 3 heterocycles. The Morgan fingerprint density at radius 1 is 1.19 bits per heavy atom. The van der Waals surface area contributed by atoms with Crippen molar-refractivity contribution in [1.29, 1.82) is 0 Å². The van der Waals surface area contributed by atoms with Crippen LogP contribution in [-0.4, -0.2) is 60.0 Å². The van der Waals surface area contributed by atoms with Crippen LogP contribution in [0.4, 0.5) is 0 Å². The zero-order chi connectivity index (χ0) is 17.9. The van der Waals surface area contributed by atoms with Gasteiger partial charge in [-0.15, -0.1) is 12.4 Å². The number of hydrogen-bond donors (Lipinski definition) is 1. The molecule has 2 aliphatic heterocycles. The number of aromatic nitrogens is 1. The smallest absolute Gasteiger partial charge is 0.227 e. The highest BCUT2D eigenvalue weighted by molar-refractivity contribution is 5.85. The number of carbonyl (C=O) groups is 1. The maximum absolute atomic E-state index is 12.8. The fraction of sp³-hybridized carbons (Fsp3) is 0.524. The van der Waals surface area contributed by atoms with Crippen LogP contribution in [0.1, 0.15) is 24.1 Å². The fourth-order valence-electron chi connectivity index (χ4n) is 4.18. The van der Waals surface area contributed by atoms with Crippen LogP contribution < -0.4 is 5.32 Å². The molecule has 0 bridgehead atoms. The third-order valence-electron chi connectivity index (χ3n) is 5.58. The molecule has 1 aromatic heterocycles. The summed E-state index contributed by atoms with van der Waals surface area (Å²) in [6.07, 6.45) is 2.14. The minimum absolute atomic E-state index is 0. The van der Waals surface area contributed by atoms with Gasteiger partial charge in [-0.3, -0.25) is 14.7 Å². The minimum Gasteiger partial charge on any atom is -0.340 e. The van der Waals surface area contributed by atoms with E-state index < -0.39 is 0 Å². The van der Waals surface area contributed by atoms with Crippen LogP contribution in [-0.2, 0) is 11.3 Å². The third kappa shape index (κ3) is 4.78. The maximum Gasteiger partial charge on any atom is 0.227 e.